The molecule has 0 fully saturated rings. The molecular weight excluding hydrogens is 1310 g/mol. The summed E-state index contributed by atoms with van der Waals surface area (Å²) in [5, 5.41) is 10.6. The van der Waals surface area contributed by atoms with Crippen LogP contribution in [0, 0.1) is 0 Å². The number of unbranched alkanes of at least 4 members (excludes halogenated alkanes) is 29. The van der Waals surface area contributed by atoms with E-state index in [-0.39, 0.29) is 25.7 Å². The molecule has 0 heterocycles. The summed E-state index contributed by atoms with van der Waals surface area (Å²) in [4.78, 5) is 72.9. The van der Waals surface area contributed by atoms with Crippen molar-refractivity contribution in [3.8, 4) is 0 Å². The van der Waals surface area contributed by atoms with Crippen LogP contribution in [0.5, 0.6) is 0 Å². The fraction of sp³-hybridized carbons (Fsp3) is 0.728. The van der Waals surface area contributed by atoms with Gasteiger partial charge in [0.1, 0.15) is 19.3 Å². The van der Waals surface area contributed by atoms with Crippen molar-refractivity contribution in [2.24, 2.45) is 0 Å². The average Bonchev–Trinajstić information content (AvgIpc) is 0.946. The number of esters is 4. The molecule has 0 aromatic heterocycles. The van der Waals surface area contributed by atoms with E-state index < -0.39 is 97.5 Å². The fourth-order valence-corrected chi connectivity index (χ4v) is 11.9. The number of allylic oxidation sites excluding steroid dienone is 18. The molecule has 0 rings (SSSR count). The van der Waals surface area contributed by atoms with Gasteiger partial charge in [-0.1, -0.05) is 278 Å². The summed E-state index contributed by atoms with van der Waals surface area (Å²) >= 11 is 0. The molecule has 0 saturated carbocycles. The molecule has 5 unspecified atom stereocenters. The van der Waals surface area contributed by atoms with Gasteiger partial charge in [0, 0.05) is 25.7 Å². The standard InChI is InChI=1S/C81H140O17P2/c1-5-9-13-17-21-25-29-33-35-36-37-38-40-43-46-50-54-58-62-66-79(84)92-72-77(98-81(86)68-64-60-56-52-48-44-39-34-30-26-22-18-14-10-6-2)74-96-100(89,90)94-70-75(82)69-93-99(87,88)95-73-76(97-80(85)67-63-59-55-51-47-42-32-28-24-20-16-12-8-4)71-91-78(83)65-61-57-53-49-45-41-31-27-23-19-15-11-7-3/h9-10,13-14,21-22,25-27,31,33-35,37-39,43,46,75-77,82H,5-8,11-12,15-20,23-24,28-30,32,36,40-42,44-45,47-74H2,1-4H3,(H,87,88)(H,89,90)/b13-9-,14-10-,25-21-,26-22-,31-27-,35-33-,38-37-,39-34-,46-43-. The molecular formula is C81H140O17P2. The Morgan fingerprint density at radius 3 is 0.830 bits per heavy atom. The zero-order valence-corrected chi connectivity index (χ0v) is 64.6. The van der Waals surface area contributed by atoms with Gasteiger partial charge in [0.25, 0.3) is 0 Å². The molecule has 0 aliphatic rings. The van der Waals surface area contributed by atoms with E-state index in [1.165, 1.54) is 77.0 Å². The Morgan fingerprint density at radius 2 is 0.520 bits per heavy atom. The molecule has 5 atom stereocenters. The number of rotatable bonds is 73. The van der Waals surface area contributed by atoms with Crippen molar-refractivity contribution in [3.63, 3.8) is 0 Å². The van der Waals surface area contributed by atoms with Crippen molar-refractivity contribution in [1.29, 1.82) is 0 Å². The summed E-state index contributed by atoms with van der Waals surface area (Å²) in [5.74, 6) is -2.23. The van der Waals surface area contributed by atoms with Gasteiger partial charge >= 0.3 is 39.5 Å². The SMILES string of the molecule is CC/C=C\C/C=C\C/C=C\C/C=C\C/C=C\CCCCCC(=O)OCC(COP(=O)(O)OCC(O)COP(=O)(O)OCC(COC(=O)CCCCCCC/C=C\CCCCCC)OC(=O)CCCCCCCCCCCCCCC)OC(=O)CCCCCCC/C=C\C/C=C\C/C=C\CC. The Balaban J connectivity index is 5.38. The normalized spacial score (nSPS) is 14.5. The van der Waals surface area contributed by atoms with Crippen LogP contribution in [0.2, 0.25) is 0 Å². The number of phosphoric acid groups is 2. The highest BCUT2D eigenvalue weighted by atomic mass is 31.2. The molecule has 0 bridgehead atoms. The topological polar surface area (TPSA) is 237 Å². The van der Waals surface area contributed by atoms with Gasteiger partial charge in [-0.15, -0.1) is 0 Å². The zero-order chi connectivity index (χ0) is 73.2. The van der Waals surface area contributed by atoms with Crippen molar-refractivity contribution in [3.05, 3.63) is 109 Å². The van der Waals surface area contributed by atoms with Crippen molar-refractivity contribution in [2.45, 2.75) is 341 Å². The van der Waals surface area contributed by atoms with Crippen molar-refractivity contribution >= 4 is 39.5 Å². The summed E-state index contributed by atoms with van der Waals surface area (Å²) in [5.41, 5.74) is 0. The first-order valence-corrected chi connectivity index (χ1v) is 42.1. The Hall–Kier alpha value is -4.28. The van der Waals surface area contributed by atoms with Gasteiger partial charge in [0.05, 0.1) is 26.4 Å². The number of hydrogen-bond donors (Lipinski definition) is 3. The number of carbonyl (C=O) groups excluding carboxylic acids is 4. The third-order valence-electron chi connectivity index (χ3n) is 16.2. The third kappa shape index (κ3) is 72.1. The van der Waals surface area contributed by atoms with Gasteiger partial charge < -0.3 is 33.8 Å². The van der Waals surface area contributed by atoms with Gasteiger partial charge in [-0.2, -0.15) is 0 Å². The molecule has 17 nitrogen and oxygen atoms in total. The lowest BCUT2D eigenvalue weighted by Crippen LogP contribution is -2.30. The lowest BCUT2D eigenvalue weighted by Gasteiger charge is -2.21. The Bertz CT molecular complexity index is 2320. The summed E-state index contributed by atoms with van der Waals surface area (Å²) in [6.07, 6.45) is 77.9. The second kappa shape index (κ2) is 73.0. The van der Waals surface area contributed by atoms with E-state index in [0.717, 1.165) is 167 Å². The van der Waals surface area contributed by atoms with E-state index in [4.69, 9.17) is 37.0 Å². The monoisotopic (exact) mass is 1450 g/mol. The second-order valence-electron chi connectivity index (χ2n) is 25.9. The summed E-state index contributed by atoms with van der Waals surface area (Å²) in [7, 11) is -9.96. The minimum atomic E-state index is -4.99. The molecule has 0 amide bonds. The first-order chi connectivity index (χ1) is 48.7. The number of carbonyl (C=O) groups is 4. The number of hydrogen-bond acceptors (Lipinski definition) is 15. The minimum Gasteiger partial charge on any atom is -0.462 e. The minimum absolute atomic E-state index is 0.0664. The van der Waals surface area contributed by atoms with Crippen LogP contribution in [0.15, 0.2) is 109 Å². The van der Waals surface area contributed by atoms with Crippen LogP contribution in [0.4, 0.5) is 0 Å². The maximum absolute atomic E-state index is 13.1. The van der Waals surface area contributed by atoms with Gasteiger partial charge in [-0.3, -0.25) is 37.3 Å². The molecule has 576 valence electrons. The number of aliphatic hydroxyl groups excluding tert-OH is 1. The largest absolute Gasteiger partial charge is 0.472 e. The van der Waals surface area contributed by atoms with Crippen molar-refractivity contribution in [2.75, 3.05) is 39.6 Å². The molecule has 19 heteroatoms. The molecule has 0 spiro atoms. The lowest BCUT2D eigenvalue weighted by atomic mass is 10.0. The Kier molecular flexibility index (Phi) is 69.9. The van der Waals surface area contributed by atoms with E-state index >= 15 is 0 Å². The van der Waals surface area contributed by atoms with Gasteiger partial charge in [0.15, 0.2) is 12.2 Å². The van der Waals surface area contributed by atoms with E-state index in [9.17, 15) is 43.2 Å². The van der Waals surface area contributed by atoms with E-state index in [2.05, 4.69) is 137 Å². The smallest absolute Gasteiger partial charge is 0.462 e. The first-order valence-electron chi connectivity index (χ1n) is 39.1. The van der Waals surface area contributed by atoms with Gasteiger partial charge in [0.2, 0.25) is 0 Å². The number of ether oxygens (including phenoxy) is 4. The van der Waals surface area contributed by atoms with Crippen LogP contribution in [-0.2, 0) is 65.4 Å². The highest BCUT2D eigenvalue weighted by molar-refractivity contribution is 7.47. The van der Waals surface area contributed by atoms with E-state index in [1.807, 2.05) is 0 Å². The Labute approximate surface area is 607 Å². The molecule has 0 radical (unpaired) electrons. The number of aliphatic hydroxyl groups is 1. The predicted octanol–water partition coefficient (Wildman–Crippen LogP) is 22.6. The molecule has 0 aromatic carbocycles. The van der Waals surface area contributed by atoms with Gasteiger partial charge in [-0.05, 0) is 128 Å². The highest BCUT2D eigenvalue weighted by Gasteiger charge is 2.30. The highest BCUT2D eigenvalue weighted by Crippen LogP contribution is 2.45. The lowest BCUT2D eigenvalue weighted by molar-refractivity contribution is -0.161. The summed E-state index contributed by atoms with van der Waals surface area (Å²) < 4.78 is 68.5. The molecule has 100 heavy (non-hydrogen) atoms. The molecule has 3 N–H and O–H groups in total. The second-order valence-corrected chi connectivity index (χ2v) is 28.8. The van der Waals surface area contributed by atoms with Crippen LogP contribution < -0.4 is 0 Å². The third-order valence-corrected chi connectivity index (χ3v) is 18.1. The maximum Gasteiger partial charge on any atom is 0.472 e. The van der Waals surface area contributed by atoms with Gasteiger partial charge in [-0.25, -0.2) is 9.13 Å². The summed E-state index contributed by atoms with van der Waals surface area (Å²) in [6, 6.07) is 0. The molecule has 0 saturated heterocycles. The van der Waals surface area contributed by atoms with Crippen LogP contribution in [0.25, 0.3) is 0 Å². The maximum atomic E-state index is 13.1. The predicted molar refractivity (Wildman–Crippen MR) is 408 cm³/mol. The average molecular weight is 1450 g/mol. The van der Waals surface area contributed by atoms with E-state index in [1.54, 1.807) is 0 Å². The molecule has 0 aromatic rings. The van der Waals surface area contributed by atoms with Crippen LogP contribution in [0.3, 0.4) is 0 Å². The molecule has 0 aliphatic heterocycles. The van der Waals surface area contributed by atoms with Crippen LogP contribution >= 0.6 is 15.6 Å². The molecule has 0 aliphatic carbocycles. The van der Waals surface area contributed by atoms with Crippen LogP contribution in [0.1, 0.15) is 323 Å². The summed E-state index contributed by atoms with van der Waals surface area (Å²) in [6.45, 7) is 4.59. The van der Waals surface area contributed by atoms with Crippen molar-refractivity contribution < 1.29 is 80.2 Å². The fourth-order valence-electron chi connectivity index (χ4n) is 10.3. The quantitative estimate of drug-likeness (QED) is 0.0169. The van der Waals surface area contributed by atoms with Crippen molar-refractivity contribution in [1.82, 2.24) is 0 Å². The zero-order valence-electron chi connectivity index (χ0n) is 62.8. The van der Waals surface area contributed by atoms with E-state index in [0.29, 0.717) is 25.7 Å². The first kappa shape index (κ1) is 95.7. The number of phosphoric ester groups is 2. The Morgan fingerprint density at radius 1 is 0.290 bits per heavy atom. The van der Waals surface area contributed by atoms with Crippen LogP contribution in [-0.4, -0.2) is 96.7 Å².